The fraction of sp³-hybridized carbons (Fsp3) is 0.750. The molecular formula is C12H21N3O2S. The van der Waals surface area contributed by atoms with Crippen molar-refractivity contribution in [2.24, 2.45) is 5.92 Å². The highest BCUT2D eigenvalue weighted by Crippen LogP contribution is 2.17. The first kappa shape index (κ1) is 15.0. The minimum atomic E-state index is -0.193. The molecule has 18 heavy (non-hydrogen) atoms. The summed E-state index contributed by atoms with van der Waals surface area (Å²) in [7, 11) is 1.40. The van der Waals surface area contributed by atoms with Crippen molar-refractivity contribution in [2.45, 2.75) is 44.7 Å². The van der Waals surface area contributed by atoms with Crippen molar-refractivity contribution in [2.75, 3.05) is 12.9 Å². The highest BCUT2D eigenvalue weighted by atomic mass is 32.2. The van der Waals surface area contributed by atoms with Crippen LogP contribution in [-0.4, -0.2) is 34.0 Å². The zero-order valence-electron chi connectivity index (χ0n) is 11.2. The fourth-order valence-corrected chi connectivity index (χ4v) is 2.29. The summed E-state index contributed by atoms with van der Waals surface area (Å²) < 4.78 is 4.67. The number of thioether (sulfide) groups is 1. The van der Waals surface area contributed by atoms with Gasteiger partial charge in [0.25, 0.3) is 0 Å². The van der Waals surface area contributed by atoms with Gasteiger partial charge in [-0.1, -0.05) is 38.5 Å². The maximum Gasteiger partial charge on any atom is 0.309 e. The summed E-state index contributed by atoms with van der Waals surface area (Å²) in [6.45, 7) is 4.02. The Morgan fingerprint density at radius 2 is 2.28 bits per heavy atom. The second kappa shape index (κ2) is 8.13. The quantitative estimate of drug-likeness (QED) is 0.447. The van der Waals surface area contributed by atoms with E-state index in [2.05, 4.69) is 26.8 Å². The van der Waals surface area contributed by atoms with Gasteiger partial charge in [0, 0.05) is 12.2 Å². The molecule has 0 aliphatic carbocycles. The number of unbranched alkanes of at least 4 members (excludes halogenated alkanes) is 2. The van der Waals surface area contributed by atoms with Crippen molar-refractivity contribution in [1.82, 2.24) is 15.2 Å². The van der Waals surface area contributed by atoms with E-state index in [1.807, 2.05) is 6.92 Å². The van der Waals surface area contributed by atoms with Crippen LogP contribution in [0.5, 0.6) is 0 Å². The van der Waals surface area contributed by atoms with Crippen LogP contribution in [0.3, 0.4) is 0 Å². The van der Waals surface area contributed by atoms with Crippen molar-refractivity contribution < 1.29 is 9.53 Å². The van der Waals surface area contributed by atoms with E-state index in [-0.39, 0.29) is 11.9 Å². The van der Waals surface area contributed by atoms with E-state index in [1.165, 1.54) is 31.7 Å². The Morgan fingerprint density at radius 1 is 1.50 bits per heavy atom. The Bertz CT molecular complexity index is 368. The van der Waals surface area contributed by atoms with Crippen molar-refractivity contribution in [3.63, 3.8) is 0 Å². The van der Waals surface area contributed by atoms with Crippen LogP contribution in [0, 0.1) is 5.92 Å². The molecule has 1 atom stereocenters. The first-order chi connectivity index (χ1) is 8.67. The van der Waals surface area contributed by atoms with E-state index in [0.29, 0.717) is 10.9 Å². The smallest absolute Gasteiger partial charge is 0.309 e. The van der Waals surface area contributed by atoms with Crippen LogP contribution in [0.1, 0.15) is 38.9 Å². The van der Waals surface area contributed by atoms with Gasteiger partial charge in [-0.05, 0) is 6.42 Å². The molecule has 1 N–H and O–H groups in total. The number of rotatable bonds is 8. The monoisotopic (exact) mass is 271 g/mol. The van der Waals surface area contributed by atoms with Gasteiger partial charge < -0.3 is 4.74 Å². The number of hydrogen-bond acceptors (Lipinski definition) is 5. The van der Waals surface area contributed by atoms with Gasteiger partial charge in [0.05, 0.1) is 13.0 Å². The number of nitrogens with one attached hydrogen (secondary N) is 1. The molecular weight excluding hydrogens is 250 g/mol. The standard InChI is InChI=1S/C12H21N3O2S/c1-4-5-6-7-10-13-12(15-14-10)18-8-9(2)11(16)17-3/h9H,4-8H2,1-3H3,(H,13,14,15). The molecule has 102 valence electrons. The molecule has 0 spiro atoms. The average molecular weight is 271 g/mol. The lowest BCUT2D eigenvalue weighted by atomic mass is 10.2. The molecule has 0 bridgehead atoms. The Morgan fingerprint density at radius 3 is 2.94 bits per heavy atom. The normalized spacial score (nSPS) is 12.4. The number of nitrogens with zero attached hydrogens (tertiary/aromatic N) is 2. The number of H-pyrrole nitrogens is 1. The van der Waals surface area contributed by atoms with E-state index in [0.717, 1.165) is 18.7 Å². The Labute approximate surface area is 112 Å². The van der Waals surface area contributed by atoms with E-state index in [4.69, 9.17) is 0 Å². The summed E-state index contributed by atoms with van der Waals surface area (Å²) in [5.74, 6) is 1.23. The number of aromatic nitrogens is 3. The van der Waals surface area contributed by atoms with Crippen LogP contribution in [-0.2, 0) is 16.0 Å². The number of carbonyl (C=O) groups excluding carboxylic acids is 1. The molecule has 1 rings (SSSR count). The zero-order chi connectivity index (χ0) is 13.4. The predicted molar refractivity (Wildman–Crippen MR) is 71.5 cm³/mol. The highest BCUT2D eigenvalue weighted by Gasteiger charge is 2.14. The third-order valence-corrected chi connectivity index (χ3v) is 3.70. The molecule has 0 radical (unpaired) electrons. The van der Waals surface area contributed by atoms with E-state index in [9.17, 15) is 4.79 Å². The number of ether oxygens (including phenoxy) is 1. The summed E-state index contributed by atoms with van der Waals surface area (Å²) in [4.78, 5) is 15.6. The average Bonchev–Trinajstić information content (AvgIpc) is 2.83. The number of methoxy groups -OCH3 is 1. The molecule has 0 aliphatic heterocycles. The van der Waals surface area contributed by atoms with Crippen LogP contribution in [0.15, 0.2) is 5.16 Å². The van der Waals surface area contributed by atoms with Gasteiger partial charge in [-0.25, -0.2) is 4.98 Å². The summed E-state index contributed by atoms with van der Waals surface area (Å²) in [6, 6.07) is 0. The number of hydrogen-bond donors (Lipinski definition) is 1. The molecule has 0 aromatic carbocycles. The Balaban J connectivity index is 2.32. The Kier molecular flexibility index (Phi) is 6.78. The molecule has 0 saturated heterocycles. The highest BCUT2D eigenvalue weighted by molar-refractivity contribution is 7.99. The van der Waals surface area contributed by atoms with Crippen molar-refractivity contribution >= 4 is 17.7 Å². The van der Waals surface area contributed by atoms with Gasteiger partial charge in [0.15, 0.2) is 0 Å². The van der Waals surface area contributed by atoms with Gasteiger partial charge >= 0.3 is 5.97 Å². The molecule has 1 unspecified atom stereocenters. The van der Waals surface area contributed by atoms with Crippen LogP contribution in [0.2, 0.25) is 0 Å². The van der Waals surface area contributed by atoms with Gasteiger partial charge in [-0.3, -0.25) is 9.89 Å². The summed E-state index contributed by atoms with van der Waals surface area (Å²) in [5.41, 5.74) is 0. The maximum atomic E-state index is 11.2. The first-order valence-electron chi connectivity index (χ1n) is 6.29. The fourth-order valence-electron chi connectivity index (χ4n) is 1.47. The third-order valence-electron chi connectivity index (χ3n) is 2.59. The van der Waals surface area contributed by atoms with E-state index < -0.39 is 0 Å². The minimum absolute atomic E-state index is 0.137. The largest absolute Gasteiger partial charge is 0.469 e. The summed E-state index contributed by atoms with van der Waals surface area (Å²) in [5, 5.41) is 7.77. The molecule has 0 fully saturated rings. The minimum Gasteiger partial charge on any atom is -0.469 e. The van der Waals surface area contributed by atoms with Crippen molar-refractivity contribution in [3.05, 3.63) is 5.82 Å². The number of aromatic amines is 1. The van der Waals surface area contributed by atoms with Crippen molar-refractivity contribution in [3.8, 4) is 0 Å². The zero-order valence-corrected chi connectivity index (χ0v) is 12.0. The van der Waals surface area contributed by atoms with Crippen molar-refractivity contribution in [1.29, 1.82) is 0 Å². The lowest BCUT2D eigenvalue weighted by molar-refractivity contribution is -0.143. The van der Waals surface area contributed by atoms with Crippen LogP contribution < -0.4 is 0 Å². The molecule has 0 amide bonds. The van der Waals surface area contributed by atoms with E-state index in [1.54, 1.807) is 0 Å². The summed E-state index contributed by atoms with van der Waals surface area (Å²) >= 11 is 1.48. The van der Waals surface area contributed by atoms with Gasteiger partial charge in [-0.15, -0.1) is 5.10 Å². The van der Waals surface area contributed by atoms with Crippen LogP contribution >= 0.6 is 11.8 Å². The Hall–Kier alpha value is -1.04. The predicted octanol–water partition coefficient (Wildman–Crippen LogP) is 2.44. The second-order valence-electron chi connectivity index (χ2n) is 4.26. The van der Waals surface area contributed by atoms with E-state index >= 15 is 0 Å². The molecule has 1 aromatic rings. The molecule has 6 heteroatoms. The van der Waals surface area contributed by atoms with Gasteiger partial charge in [-0.2, -0.15) is 0 Å². The van der Waals surface area contributed by atoms with Gasteiger partial charge in [0.1, 0.15) is 5.82 Å². The van der Waals surface area contributed by atoms with Crippen LogP contribution in [0.4, 0.5) is 0 Å². The number of esters is 1. The maximum absolute atomic E-state index is 11.2. The lowest BCUT2D eigenvalue weighted by Crippen LogP contribution is -2.14. The third kappa shape index (κ3) is 5.08. The molecule has 1 heterocycles. The lowest BCUT2D eigenvalue weighted by Gasteiger charge is -2.05. The number of aryl methyl sites for hydroxylation is 1. The molecule has 5 nitrogen and oxygen atoms in total. The van der Waals surface area contributed by atoms with Gasteiger partial charge in [0.2, 0.25) is 5.16 Å². The molecule has 0 aliphatic rings. The van der Waals surface area contributed by atoms with Crippen LogP contribution in [0.25, 0.3) is 0 Å². The molecule has 1 aromatic heterocycles. The SMILES string of the molecule is CCCCCc1nc(SCC(C)C(=O)OC)n[nH]1. The molecule has 0 saturated carbocycles. The number of carbonyl (C=O) groups is 1. The topological polar surface area (TPSA) is 67.9 Å². The first-order valence-corrected chi connectivity index (χ1v) is 7.27. The second-order valence-corrected chi connectivity index (χ2v) is 5.24. The summed E-state index contributed by atoms with van der Waals surface area (Å²) in [6.07, 6.45) is 4.48.